The van der Waals surface area contributed by atoms with E-state index in [0.717, 1.165) is 17.3 Å². The van der Waals surface area contributed by atoms with Crippen LogP contribution in [0.4, 0.5) is 21.6 Å². The van der Waals surface area contributed by atoms with Crippen LogP contribution in [0.15, 0.2) is 85.6 Å². The Morgan fingerprint density at radius 1 is 1.11 bits per heavy atom. The van der Waals surface area contributed by atoms with Gasteiger partial charge in [-0.1, -0.05) is 35.9 Å². The molecule has 2 aromatic heterocycles. The number of nitrogens with one attached hydrogen (secondary N) is 2. The summed E-state index contributed by atoms with van der Waals surface area (Å²) in [5, 5.41) is 7.76. The zero-order chi connectivity index (χ0) is 30.9. The molecule has 0 bridgehead atoms. The third-order valence-corrected chi connectivity index (χ3v) is 6.80. The van der Waals surface area contributed by atoms with Gasteiger partial charge in [0.05, 0.1) is 35.0 Å². The van der Waals surface area contributed by atoms with E-state index in [1.165, 1.54) is 24.5 Å². The highest BCUT2D eigenvalue weighted by molar-refractivity contribution is 6.31. The van der Waals surface area contributed by atoms with E-state index in [9.17, 15) is 9.18 Å². The van der Waals surface area contributed by atoms with E-state index in [1.54, 1.807) is 30.6 Å². The molecule has 1 atom stereocenters. The van der Waals surface area contributed by atoms with Gasteiger partial charge in [-0.15, -0.1) is 0 Å². The molecule has 226 valence electrons. The summed E-state index contributed by atoms with van der Waals surface area (Å²) >= 11 is 5.91. The van der Waals surface area contributed by atoms with Gasteiger partial charge in [0.2, 0.25) is 5.91 Å². The second kappa shape index (κ2) is 14.6. The fourth-order valence-corrected chi connectivity index (χ4v) is 4.52. The lowest BCUT2D eigenvalue weighted by Crippen LogP contribution is -2.18. The summed E-state index contributed by atoms with van der Waals surface area (Å²) in [4.78, 5) is 31.2. The molecule has 1 amide bonds. The third kappa shape index (κ3) is 8.22. The number of hydrogen-bond donors (Lipinski definition) is 2. The molecule has 1 aliphatic rings. The maximum absolute atomic E-state index is 13.6. The molecule has 1 fully saturated rings. The fourth-order valence-electron chi connectivity index (χ4n) is 4.34. The molecular formula is C32H31ClFN7O3. The van der Waals surface area contributed by atoms with Crippen molar-refractivity contribution in [2.24, 2.45) is 0 Å². The molecule has 5 aromatic rings. The Bertz CT molecular complexity index is 1720. The van der Waals surface area contributed by atoms with E-state index in [-0.39, 0.29) is 17.0 Å². The van der Waals surface area contributed by atoms with E-state index < -0.39 is 5.82 Å². The first kappa shape index (κ1) is 30.7. The zero-order valence-corrected chi connectivity index (χ0v) is 25.0. The van der Waals surface area contributed by atoms with E-state index in [4.69, 9.17) is 21.1 Å². The van der Waals surface area contributed by atoms with Crippen molar-refractivity contribution in [1.82, 2.24) is 24.8 Å². The third-order valence-electron chi connectivity index (χ3n) is 6.51. The molecular weight excluding hydrogens is 585 g/mol. The average Bonchev–Trinajstić information content (AvgIpc) is 3.53. The average molecular weight is 616 g/mol. The first-order valence-electron chi connectivity index (χ1n) is 13.9. The lowest BCUT2D eigenvalue weighted by molar-refractivity contribution is -0.111. The SMILES string of the molecule is CN(C)CC=CC(=O)Nc1cc2c(Nc3ccc(F)c(Cl)c3)ncnc2cc1OC1CCOC1.c1ccc2ncncc2c1. The summed E-state index contributed by atoms with van der Waals surface area (Å²) in [6.07, 6.45) is 8.68. The Balaban J connectivity index is 0.000000322. The highest BCUT2D eigenvalue weighted by Crippen LogP contribution is 2.35. The van der Waals surface area contributed by atoms with Gasteiger partial charge < -0.3 is 25.0 Å². The van der Waals surface area contributed by atoms with Crippen LogP contribution < -0.4 is 15.4 Å². The lowest BCUT2D eigenvalue weighted by atomic mass is 10.1. The van der Waals surface area contributed by atoms with Gasteiger partial charge in [-0.05, 0) is 44.4 Å². The van der Waals surface area contributed by atoms with Gasteiger partial charge in [0.15, 0.2) is 0 Å². The van der Waals surface area contributed by atoms with Crippen LogP contribution >= 0.6 is 11.6 Å². The predicted molar refractivity (Wildman–Crippen MR) is 170 cm³/mol. The Hall–Kier alpha value is -4.71. The molecule has 0 spiro atoms. The number of aromatic nitrogens is 4. The second-order valence-corrected chi connectivity index (χ2v) is 10.6. The molecule has 6 rings (SSSR count). The number of para-hydroxylation sites is 1. The molecule has 0 aliphatic carbocycles. The topological polar surface area (TPSA) is 114 Å². The normalized spacial score (nSPS) is 14.5. The summed E-state index contributed by atoms with van der Waals surface area (Å²) in [6, 6.07) is 15.7. The number of halogens is 2. The van der Waals surface area contributed by atoms with Crippen molar-refractivity contribution in [3.8, 4) is 5.75 Å². The number of nitrogens with zero attached hydrogens (tertiary/aromatic N) is 5. The van der Waals surface area contributed by atoms with Crippen LogP contribution in [0.3, 0.4) is 0 Å². The maximum Gasteiger partial charge on any atom is 0.248 e. The van der Waals surface area contributed by atoms with Crippen molar-refractivity contribution < 1.29 is 18.7 Å². The molecule has 12 heteroatoms. The van der Waals surface area contributed by atoms with Crippen molar-refractivity contribution in [3.05, 3.63) is 96.4 Å². The number of carbonyl (C=O) groups is 1. The molecule has 44 heavy (non-hydrogen) atoms. The minimum atomic E-state index is -0.509. The van der Waals surface area contributed by atoms with Gasteiger partial charge in [-0.2, -0.15) is 0 Å². The number of carbonyl (C=O) groups excluding carboxylic acids is 1. The van der Waals surface area contributed by atoms with Crippen molar-refractivity contribution in [2.45, 2.75) is 12.5 Å². The van der Waals surface area contributed by atoms with Gasteiger partial charge in [-0.25, -0.2) is 24.3 Å². The van der Waals surface area contributed by atoms with Gasteiger partial charge in [0.1, 0.15) is 36.1 Å². The smallest absolute Gasteiger partial charge is 0.248 e. The molecule has 1 saturated heterocycles. The summed E-state index contributed by atoms with van der Waals surface area (Å²) < 4.78 is 25.1. The maximum atomic E-state index is 13.6. The summed E-state index contributed by atoms with van der Waals surface area (Å²) in [5.41, 5.74) is 2.65. The van der Waals surface area contributed by atoms with E-state index >= 15 is 0 Å². The van der Waals surface area contributed by atoms with Gasteiger partial charge >= 0.3 is 0 Å². The number of amides is 1. The lowest BCUT2D eigenvalue weighted by Gasteiger charge is -2.17. The van der Waals surface area contributed by atoms with Gasteiger partial charge in [0, 0.05) is 47.8 Å². The molecule has 3 heterocycles. The van der Waals surface area contributed by atoms with Crippen LogP contribution in [0.5, 0.6) is 5.75 Å². The van der Waals surface area contributed by atoms with Gasteiger partial charge in [-0.3, -0.25) is 4.79 Å². The molecule has 2 N–H and O–H groups in total. The van der Waals surface area contributed by atoms with Gasteiger partial charge in [0.25, 0.3) is 0 Å². The highest BCUT2D eigenvalue weighted by Gasteiger charge is 2.21. The van der Waals surface area contributed by atoms with E-state index in [0.29, 0.717) is 53.6 Å². The largest absolute Gasteiger partial charge is 0.486 e. The summed E-state index contributed by atoms with van der Waals surface area (Å²) in [7, 11) is 3.84. The Morgan fingerprint density at radius 2 is 1.95 bits per heavy atom. The fraction of sp³-hybridized carbons (Fsp3) is 0.219. The van der Waals surface area contributed by atoms with Crippen LogP contribution in [0.25, 0.3) is 21.8 Å². The Kier molecular flexibility index (Phi) is 10.2. The number of ether oxygens (including phenoxy) is 2. The first-order valence-corrected chi connectivity index (χ1v) is 14.3. The van der Waals surface area contributed by atoms with Crippen LogP contribution in [-0.4, -0.2) is 70.7 Å². The first-order chi connectivity index (χ1) is 21.4. The Morgan fingerprint density at radius 3 is 2.73 bits per heavy atom. The molecule has 10 nitrogen and oxygen atoms in total. The monoisotopic (exact) mass is 615 g/mol. The Labute approximate surface area is 258 Å². The number of anilines is 3. The predicted octanol–water partition coefficient (Wildman–Crippen LogP) is 6.02. The van der Waals surface area contributed by atoms with Crippen LogP contribution in [0.1, 0.15) is 6.42 Å². The van der Waals surface area contributed by atoms with Crippen molar-refractivity contribution in [1.29, 1.82) is 0 Å². The highest BCUT2D eigenvalue weighted by atomic mass is 35.5. The molecule has 3 aromatic carbocycles. The quantitative estimate of drug-likeness (QED) is 0.202. The summed E-state index contributed by atoms with van der Waals surface area (Å²) in [5.74, 6) is 0.170. The van der Waals surface area contributed by atoms with Crippen molar-refractivity contribution in [2.75, 3.05) is 44.5 Å². The number of hydrogen-bond acceptors (Lipinski definition) is 9. The molecule has 0 saturated carbocycles. The number of benzene rings is 3. The molecule has 0 radical (unpaired) electrons. The van der Waals surface area contributed by atoms with Crippen LogP contribution in [0, 0.1) is 5.82 Å². The number of rotatable bonds is 8. The van der Waals surface area contributed by atoms with Crippen LogP contribution in [0.2, 0.25) is 5.02 Å². The standard InChI is InChI=1S/C24H25ClFN5O3.C8H6N2/c1-31(2)8-3-4-23(32)30-21-11-17-20(12-22(21)34-16-7-9-33-13-16)27-14-28-24(17)29-15-5-6-19(26)18(25)10-15;1-2-4-8-7(3-1)5-9-6-10-8/h3-6,10-12,14,16H,7-9,13H2,1-2H3,(H,30,32)(H,27,28,29);1-6H. The summed E-state index contributed by atoms with van der Waals surface area (Å²) in [6.45, 7) is 1.75. The molecule has 1 unspecified atom stereocenters. The van der Waals surface area contributed by atoms with Crippen molar-refractivity contribution >= 4 is 56.5 Å². The van der Waals surface area contributed by atoms with Crippen molar-refractivity contribution in [3.63, 3.8) is 0 Å². The van der Waals surface area contributed by atoms with E-state index in [2.05, 4.69) is 30.6 Å². The molecule has 1 aliphatic heterocycles. The minimum Gasteiger partial charge on any atom is -0.486 e. The van der Waals surface area contributed by atoms with Crippen LogP contribution in [-0.2, 0) is 9.53 Å². The zero-order valence-electron chi connectivity index (χ0n) is 24.2. The number of likely N-dealkylation sites (N-methyl/N-ethyl adjacent to an activating group) is 1. The minimum absolute atomic E-state index is 0.00436. The number of fused-ring (bicyclic) bond motifs is 2. The second-order valence-electron chi connectivity index (χ2n) is 10.2. The van der Waals surface area contributed by atoms with E-state index in [1.807, 2.05) is 49.5 Å².